The number of likely N-dealkylation sites (N-methyl/N-ethyl adjacent to an activating group) is 1. The molecule has 0 aromatic heterocycles. The predicted octanol–water partition coefficient (Wildman–Crippen LogP) is 2.56. The van der Waals surface area contributed by atoms with Gasteiger partial charge in [-0.15, -0.1) is 0 Å². The van der Waals surface area contributed by atoms with Crippen molar-refractivity contribution in [3.8, 4) is 5.75 Å². The number of nitrogens with zero attached hydrogens (tertiary/aromatic N) is 1. The van der Waals surface area contributed by atoms with Gasteiger partial charge in [0.15, 0.2) is 0 Å². The molecule has 0 aliphatic carbocycles. The van der Waals surface area contributed by atoms with Crippen molar-refractivity contribution in [3.05, 3.63) is 65.5 Å². The minimum Gasteiger partial charge on any atom is -0.491 e. The molecule has 2 aromatic rings. The number of amides is 4. The molecule has 3 N–H and O–H groups in total. The molecular formula is C32H41FN4O6. The second-order valence-corrected chi connectivity index (χ2v) is 11.7. The monoisotopic (exact) mass is 596 g/mol. The Hall–Kier alpha value is -3.99. The number of ether oxygens (including phenoxy) is 2. The summed E-state index contributed by atoms with van der Waals surface area (Å²) < 4.78 is 25.6. The predicted molar refractivity (Wildman–Crippen MR) is 158 cm³/mol. The van der Waals surface area contributed by atoms with E-state index < -0.39 is 35.2 Å². The van der Waals surface area contributed by atoms with Crippen molar-refractivity contribution >= 4 is 23.6 Å². The van der Waals surface area contributed by atoms with Crippen molar-refractivity contribution < 1.29 is 33.0 Å². The second-order valence-electron chi connectivity index (χ2n) is 11.7. The maximum atomic E-state index is 14.2. The van der Waals surface area contributed by atoms with E-state index in [0.717, 1.165) is 5.56 Å². The third-order valence-corrected chi connectivity index (χ3v) is 8.03. The molecule has 232 valence electrons. The van der Waals surface area contributed by atoms with Crippen molar-refractivity contribution in [2.75, 3.05) is 40.0 Å². The lowest BCUT2D eigenvalue weighted by Gasteiger charge is -2.38. The minimum absolute atomic E-state index is 0.113. The van der Waals surface area contributed by atoms with Crippen LogP contribution in [0.5, 0.6) is 5.75 Å². The third kappa shape index (κ3) is 8.31. The number of fused-ring (bicyclic) bond motifs is 1. The van der Waals surface area contributed by atoms with E-state index in [-0.39, 0.29) is 49.3 Å². The number of hydrogen-bond acceptors (Lipinski definition) is 6. The van der Waals surface area contributed by atoms with E-state index >= 15 is 0 Å². The quantitative estimate of drug-likeness (QED) is 0.471. The summed E-state index contributed by atoms with van der Waals surface area (Å²) in [5, 5.41) is 8.42. The van der Waals surface area contributed by atoms with E-state index in [1.165, 1.54) is 17.0 Å². The maximum absolute atomic E-state index is 14.2. The Morgan fingerprint density at radius 1 is 1.07 bits per heavy atom. The molecule has 2 heterocycles. The van der Waals surface area contributed by atoms with E-state index in [1.807, 2.05) is 19.9 Å². The van der Waals surface area contributed by atoms with Gasteiger partial charge in [-0.05, 0) is 55.0 Å². The first-order chi connectivity index (χ1) is 20.6. The van der Waals surface area contributed by atoms with Crippen molar-refractivity contribution in [3.63, 3.8) is 0 Å². The van der Waals surface area contributed by atoms with Gasteiger partial charge < -0.3 is 30.3 Å². The van der Waals surface area contributed by atoms with Gasteiger partial charge in [-0.3, -0.25) is 19.2 Å². The van der Waals surface area contributed by atoms with Crippen molar-refractivity contribution in [1.82, 2.24) is 20.9 Å². The Balaban J connectivity index is 1.60. The fraction of sp³-hybridized carbons (Fsp3) is 0.500. The van der Waals surface area contributed by atoms with Gasteiger partial charge in [-0.2, -0.15) is 0 Å². The van der Waals surface area contributed by atoms with Crippen LogP contribution in [0.4, 0.5) is 4.39 Å². The lowest BCUT2D eigenvalue weighted by Crippen LogP contribution is -2.54. The van der Waals surface area contributed by atoms with Crippen LogP contribution in [-0.2, 0) is 24.5 Å². The summed E-state index contributed by atoms with van der Waals surface area (Å²) in [4.78, 5) is 55.1. The van der Waals surface area contributed by atoms with Gasteiger partial charge in [0.05, 0.1) is 18.5 Å². The van der Waals surface area contributed by atoms with Gasteiger partial charge in [0.2, 0.25) is 17.7 Å². The Labute approximate surface area is 251 Å². The average molecular weight is 597 g/mol. The number of carbonyl (C=O) groups excluding carboxylic acids is 4. The van der Waals surface area contributed by atoms with Crippen molar-refractivity contribution in [2.45, 2.75) is 57.0 Å². The number of halogens is 1. The molecule has 1 saturated heterocycles. The minimum atomic E-state index is -1.25. The fourth-order valence-corrected chi connectivity index (χ4v) is 5.55. The molecule has 0 radical (unpaired) electrons. The second kappa shape index (κ2) is 14.5. The van der Waals surface area contributed by atoms with Gasteiger partial charge in [0, 0.05) is 32.2 Å². The lowest BCUT2D eigenvalue weighted by molar-refractivity contribution is -0.136. The van der Waals surface area contributed by atoms with Gasteiger partial charge >= 0.3 is 0 Å². The first-order valence-electron chi connectivity index (χ1n) is 14.8. The molecule has 2 aliphatic rings. The zero-order valence-corrected chi connectivity index (χ0v) is 25.0. The number of para-hydroxylation sites is 1. The summed E-state index contributed by atoms with van der Waals surface area (Å²) in [6.45, 7) is 5.34. The lowest BCUT2D eigenvalue weighted by atomic mass is 9.74. The summed E-state index contributed by atoms with van der Waals surface area (Å²) in [6.07, 6.45) is 1.14. The van der Waals surface area contributed by atoms with E-state index in [9.17, 15) is 23.6 Å². The molecule has 4 rings (SSSR count). The summed E-state index contributed by atoms with van der Waals surface area (Å²) >= 11 is 0. The molecule has 43 heavy (non-hydrogen) atoms. The number of rotatable bonds is 6. The number of nitrogens with one attached hydrogen (secondary N) is 3. The molecule has 10 nitrogen and oxygen atoms in total. The Morgan fingerprint density at radius 2 is 1.81 bits per heavy atom. The Morgan fingerprint density at radius 3 is 2.53 bits per heavy atom. The Bertz CT molecular complexity index is 1310. The molecule has 4 amide bonds. The summed E-state index contributed by atoms with van der Waals surface area (Å²) in [7, 11) is 1.64. The average Bonchev–Trinajstić information content (AvgIpc) is 2.98. The Kier molecular flexibility index (Phi) is 10.7. The third-order valence-electron chi connectivity index (χ3n) is 8.03. The zero-order chi connectivity index (χ0) is 31.0. The number of carbonyl (C=O) groups is 4. The highest BCUT2D eigenvalue weighted by Crippen LogP contribution is 2.34. The van der Waals surface area contributed by atoms with Crippen LogP contribution in [0.25, 0.3) is 0 Å². The van der Waals surface area contributed by atoms with Crippen LogP contribution in [0, 0.1) is 11.7 Å². The van der Waals surface area contributed by atoms with Crippen LogP contribution >= 0.6 is 0 Å². The fourth-order valence-electron chi connectivity index (χ4n) is 5.55. The zero-order valence-electron chi connectivity index (χ0n) is 25.0. The van der Waals surface area contributed by atoms with Crippen LogP contribution in [0.2, 0.25) is 0 Å². The van der Waals surface area contributed by atoms with E-state index in [0.29, 0.717) is 38.2 Å². The van der Waals surface area contributed by atoms with Crippen LogP contribution in [0.15, 0.2) is 48.5 Å². The van der Waals surface area contributed by atoms with Crippen LogP contribution in [-0.4, -0.2) is 80.6 Å². The van der Waals surface area contributed by atoms with Gasteiger partial charge in [0.25, 0.3) is 5.91 Å². The molecular weight excluding hydrogens is 555 g/mol. The smallest absolute Gasteiger partial charge is 0.255 e. The molecule has 0 spiro atoms. The molecule has 2 aromatic carbocycles. The van der Waals surface area contributed by atoms with Crippen LogP contribution in [0.1, 0.15) is 55.5 Å². The highest BCUT2D eigenvalue weighted by atomic mass is 19.1. The normalized spacial score (nSPS) is 21.6. The van der Waals surface area contributed by atoms with Crippen molar-refractivity contribution in [2.24, 2.45) is 5.92 Å². The summed E-state index contributed by atoms with van der Waals surface area (Å²) in [5.41, 5.74) is 0.364. The summed E-state index contributed by atoms with van der Waals surface area (Å²) in [5.74, 6) is -1.91. The first-order valence-corrected chi connectivity index (χ1v) is 14.8. The first kappa shape index (κ1) is 31.9. The van der Waals surface area contributed by atoms with Crippen LogP contribution < -0.4 is 20.7 Å². The number of benzene rings is 2. The van der Waals surface area contributed by atoms with Crippen molar-refractivity contribution in [1.29, 1.82) is 0 Å². The number of hydrogen-bond donors (Lipinski definition) is 3. The van der Waals surface area contributed by atoms with E-state index in [4.69, 9.17) is 9.47 Å². The molecule has 2 atom stereocenters. The van der Waals surface area contributed by atoms with Crippen LogP contribution in [0.3, 0.4) is 0 Å². The highest BCUT2D eigenvalue weighted by Gasteiger charge is 2.37. The molecule has 2 aliphatic heterocycles. The topological polar surface area (TPSA) is 126 Å². The molecule has 0 saturated carbocycles. The van der Waals surface area contributed by atoms with Gasteiger partial charge in [0.1, 0.15) is 30.3 Å². The molecule has 1 fully saturated rings. The van der Waals surface area contributed by atoms with E-state index in [1.54, 1.807) is 37.4 Å². The van der Waals surface area contributed by atoms with E-state index in [2.05, 4.69) is 16.0 Å². The standard InChI is InChI=1S/C32H41FN4O6/c1-21(2)17-26-31(41)37(3)13-16-43-27-10-5-4-9-24(27)29(39)36-25(19-28(38)35-26)30(40)34-20-32(11-14-42-15-12-32)22-7-6-8-23(33)18-22/h4-10,18,21,25-26H,11-17,19-20H2,1-3H3,(H,34,40)(H,35,38)(H,36,39)/t25-,26+/m0/s1. The van der Waals surface area contributed by atoms with Gasteiger partial charge in [-0.25, -0.2) is 4.39 Å². The van der Waals surface area contributed by atoms with Gasteiger partial charge in [-0.1, -0.05) is 38.1 Å². The summed E-state index contributed by atoms with van der Waals surface area (Å²) in [6, 6.07) is 10.9. The molecule has 0 unspecified atom stereocenters. The largest absolute Gasteiger partial charge is 0.491 e. The molecule has 0 bridgehead atoms. The molecule has 11 heteroatoms. The maximum Gasteiger partial charge on any atom is 0.255 e. The highest BCUT2D eigenvalue weighted by molar-refractivity contribution is 6.01. The SMILES string of the molecule is CC(C)C[C@H]1NC(=O)C[C@@H](C(=O)NCC2(c3cccc(F)c3)CCOCC2)NC(=O)c2ccccc2OCCN(C)C1=O.